The van der Waals surface area contributed by atoms with Gasteiger partial charge < -0.3 is 14.9 Å². The maximum absolute atomic E-state index is 13.9. The zero-order valence-corrected chi connectivity index (χ0v) is 29.7. The van der Waals surface area contributed by atoms with E-state index in [2.05, 4.69) is 53.4 Å². The fourth-order valence-corrected chi connectivity index (χ4v) is 7.31. The highest BCUT2D eigenvalue weighted by atomic mass is 32.1. The molecule has 53 heavy (non-hydrogen) atoms. The van der Waals surface area contributed by atoms with E-state index in [1.165, 1.54) is 17.4 Å². The normalized spacial score (nSPS) is 11.7. The molecule has 0 saturated carbocycles. The summed E-state index contributed by atoms with van der Waals surface area (Å²) >= 11 is 1.37. The number of nitrogens with zero attached hydrogens (tertiary/aromatic N) is 2. The van der Waals surface area contributed by atoms with Crippen molar-refractivity contribution >= 4 is 28.1 Å². The van der Waals surface area contributed by atoms with Gasteiger partial charge in [0, 0.05) is 22.1 Å². The van der Waals surface area contributed by atoms with Crippen LogP contribution in [0.2, 0.25) is 0 Å². The van der Waals surface area contributed by atoms with Crippen LogP contribution in [0.3, 0.4) is 0 Å². The molecule has 0 aliphatic rings. The molecule has 0 fully saturated rings. The van der Waals surface area contributed by atoms with E-state index in [0.717, 1.165) is 33.4 Å². The van der Waals surface area contributed by atoms with E-state index in [9.17, 15) is 4.79 Å². The second kappa shape index (κ2) is 16.2. The Labute approximate surface area is 313 Å². The number of oxime groups is 1. The standard InChI is InChI=1S/C46H37N3O3S/c1-2-33-51-43(50)42(49-52-46(38-27-15-6-16-28-38,39-29-17-7-18-30-39)40-31-19-8-20-32-40)41-34-53-44(47-41)48-45(35-21-9-3-10-22-35,36-23-11-4-12-24-36)37-25-13-5-14-26-37/h2-32,34H,1,33H2,(H,47,48). The highest BCUT2D eigenvalue weighted by molar-refractivity contribution is 7.14. The first-order valence-corrected chi connectivity index (χ1v) is 18.1. The molecule has 1 aromatic heterocycles. The van der Waals surface area contributed by atoms with Crippen LogP contribution in [0.5, 0.6) is 0 Å². The molecule has 6 aromatic carbocycles. The minimum absolute atomic E-state index is 0.00652. The van der Waals surface area contributed by atoms with Gasteiger partial charge in [-0.3, -0.25) is 0 Å². The lowest BCUT2D eigenvalue weighted by Gasteiger charge is -2.36. The van der Waals surface area contributed by atoms with Crippen molar-refractivity contribution in [1.29, 1.82) is 0 Å². The average Bonchev–Trinajstić information content (AvgIpc) is 3.70. The molecule has 0 unspecified atom stereocenters. The van der Waals surface area contributed by atoms with Crippen LogP contribution < -0.4 is 5.32 Å². The number of hydrogen-bond donors (Lipinski definition) is 1. The predicted octanol–water partition coefficient (Wildman–Crippen LogP) is 9.99. The van der Waals surface area contributed by atoms with Crippen molar-refractivity contribution in [2.24, 2.45) is 5.16 Å². The molecule has 1 N–H and O–H groups in total. The highest BCUT2D eigenvalue weighted by Gasteiger charge is 2.41. The molecule has 0 saturated heterocycles. The van der Waals surface area contributed by atoms with Gasteiger partial charge in [0.2, 0.25) is 11.3 Å². The summed E-state index contributed by atoms with van der Waals surface area (Å²) in [4.78, 5) is 25.6. The van der Waals surface area contributed by atoms with Crippen LogP contribution in [-0.4, -0.2) is 23.3 Å². The molecule has 1 heterocycles. The lowest BCUT2D eigenvalue weighted by molar-refractivity contribution is -0.134. The summed E-state index contributed by atoms with van der Waals surface area (Å²) < 4.78 is 5.58. The van der Waals surface area contributed by atoms with Gasteiger partial charge in [-0.25, -0.2) is 9.78 Å². The lowest BCUT2D eigenvalue weighted by atomic mass is 9.77. The van der Waals surface area contributed by atoms with Crippen LogP contribution in [0, 0.1) is 0 Å². The molecular weight excluding hydrogens is 675 g/mol. The number of benzene rings is 6. The van der Waals surface area contributed by atoms with Crippen LogP contribution in [-0.2, 0) is 25.5 Å². The Balaban J connectivity index is 1.37. The van der Waals surface area contributed by atoms with Crippen molar-refractivity contribution in [3.63, 3.8) is 0 Å². The van der Waals surface area contributed by atoms with Crippen molar-refractivity contribution in [1.82, 2.24) is 4.98 Å². The molecule has 260 valence electrons. The number of hydrogen-bond acceptors (Lipinski definition) is 7. The number of aromatic nitrogens is 1. The molecule has 0 atom stereocenters. The molecule has 6 nitrogen and oxygen atoms in total. The second-order valence-corrected chi connectivity index (χ2v) is 13.1. The Morgan fingerprint density at radius 1 is 0.623 bits per heavy atom. The van der Waals surface area contributed by atoms with Gasteiger partial charge in [0.05, 0.1) is 0 Å². The minimum Gasteiger partial charge on any atom is -0.457 e. The highest BCUT2D eigenvalue weighted by Crippen LogP contribution is 2.42. The molecule has 0 aliphatic heterocycles. The number of rotatable bonds is 14. The van der Waals surface area contributed by atoms with Crippen LogP contribution in [0.1, 0.15) is 39.1 Å². The van der Waals surface area contributed by atoms with Gasteiger partial charge in [-0.05, 0) is 16.7 Å². The monoisotopic (exact) mass is 711 g/mol. The number of anilines is 1. The van der Waals surface area contributed by atoms with Crippen molar-refractivity contribution in [3.05, 3.63) is 239 Å². The molecule has 7 aromatic rings. The summed E-state index contributed by atoms with van der Waals surface area (Å²) in [5, 5.41) is 10.8. The number of esters is 1. The van der Waals surface area contributed by atoms with E-state index < -0.39 is 17.1 Å². The first-order valence-electron chi connectivity index (χ1n) is 17.3. The van der Waals surface area contributed by atoms with Crippen LogP contribution in [0.15, 0.2) is 205 Å². The summed E-state index contributed by atoms with van der Waals surface area (Å²) in [7, 11) is 0. The van der Waals surface area contributed by atoms with Gasteiger partial charge in [0.25, 0.3) is 0 Å². The molecule has 0 radical (unpaired) electrons. The number of thiazole rings is 1. The SMILES string of the molecule is C=CCOC(=O)C(=NOC(c1ccccc1)(c1ccccc1)c1ccccc1)c1csc(NC(c2ccccc2)(c2ccccc2)c2ccccc2)n1. The van der Waals surface area contributed by atoms with Crippen LogP contribution in [0.4, 0.5) is 5.13 Å². The van der Waals surface area contributed by atoms with Gasteiger partial charge in [-0.15, -0.1) is 11.3 Å². The second-order valence-electron chi connectivity index (χ2n) is 12.2. The fourth-order valence-electron chi connectivity index (χ4n) is 6.56. The summed E-state index contributed by atoms with van der Waals surface area (Å²) in [6.07, 6.45) is 1.51. The van der Waals surface area contributed by atoms with E-state index in [4.69, 9.17) is 14.6 Å². The molecule has 0 aliphatic carbocycles. The Morgan fingerprint density at radius 3 is 1.38 bits per heavy atom. The van der Waals surface area contributed by atoms with Gasteiger partial charge in [0.1, 0.15) is 17.8 Å². The summed E-state index contributed by atoms with van der Waals surface area (Å²) in [5.41, 5.74) is 3.76. The van der Waals surface area contributed by atoms with E-state index in [0.29, 0.717) is 10.8 Å². The topological polar surface area (TPSA) is 72.8 Å². The molecule has 0 spiro atoms. The Kier molecular flexibility index (Phi) is 10.6. The summed E-state index contributed by atoms with van der Waals surface area (Å²) in [6, 6.07) is 60.4. The Bertz CT molecular complexity index is 2070. The van der Waals surface area contributed by atoms with Crippen molar-refractivity contribution in [3.8, 4) is 0 Å². The largest absolute Gasteiger partial charge is 0.457 e. The number of carbonyl (C=O) groups excluding carboxylic acids is 1. The Morgan fingerprint density at radius 2 is 1.00 bits per heavy atom. The third-order valence-corrected chi connectivity index (χ3v) is 9.76. The third-order valence-electron chi connectivity index (χ3n) is 9.00. The first kappa shape index (κ1) is 34.9. The Hall–Kier alpha value is -6.57. The number of ether oxygens (including phenoxy) is 1. The van der Waals surface area contributed by atoms with Crippen molar-refractivity contribution < 1.29 is 14.4 Å². The van der Waals surface area contributed by atoms with Crippen LogP contribution >= 0.6 is 11.3 Å². The molecular formula is C46H37N3O3S. The number of nitrogens with one attached hydrogen (secondary N) is 1. The third kappa shape index (κ3) is 7.16. The zero-order valence-electron chi connectivity index (χ0n) is 28.9. The smallest absolute Gasteiger partial charge is 0.363 e. The van der Waals surface area contributed by atoms with Crippen molar-refractivity contribution in [2.45, 2.75) is 11.1 Å². The van der Waals surface area contributed by atoms with Crippen LogP contribution in [0.25, 0.3) is 0 Å². The molecule has 0 bridgehead atoms. The van der Waals surface area contributed by atoms with Gasteiger partial charge in [-0.2, -0.15) is 0 Å². The minimum atomic E-state index is -1.21. The lowest BCUT2D eigenvalue weighted by Crippen LogP contribution is -2.38. The average molecular weight is 712 g/mol. The molecule has 0 amide bonds. The van der Waals surface area contributed by atoms with Gasteiger partial charge in [-0.1, -0.05) is 200 Å². The molecule has 7 rings (SSSR count). The summed E-state index contributed by atoms with van der Waals surface area (Å²) in [5.74, 6) is -0.690. The van der Waals surface area contributed by atoms with E-state index in [1.807, 2.05) is 146 Å². The molecule has 7 heteroatoms. The van der Waals surface area contributed by atoms with E-state index in [1.54, 1.807) is 5.38 Å². The quantitative estimate of drug-likeness (QED) is 0.0400. The van der Waals surface area contributed by atoms with Gasteiger partial charge in [0.15, 0.2) is 5.13 Å². The zero-order chi connectivity index (χ0) is 36.4. The van der Waals surface area contributed by atoms with E-state index in [-0.39, 0.29) is 12.3 Å². The van der Waals surface area contributed by atoms with Gasteiger partial charge >= 0.3 is 5.97 Å². The van der Waals surface area contributed by atoms with E-state index >= 15 is 0 Å². The summed E-state index contributed by atoms with van der Waals surface area (Å²) in [6.45, 7) is 3.72. The fraction of sp³-hybridized carbons (Fsp3) is 0.0652. The first-order chi connectivity index (χ1) is 26.1. The predicted molar refractivity (Wildman–Crippen MR) is 213 cm³/mol. The number of carbonyl (C=O) groups is 1. The van der Waals surface area contributed by atoms with Crippen molar-refractivity contribution in [2.75, 3.05) is 11.9 Å². The maximum atomic E-state index is 13.9. The maximum Gasteiger partial charge on any atom is 0.363 e.